The molecule has 3 N–H and O–H groups in total. The van der Waals surface area contributed by atoms with Crippen molar-refractivity contribution in [2.24, 2.45) is 0 Å². The number of nitrogens with one attached hydrogen (secondary N) is 3. The Morgan fingerprint density at radius 3 is 2.81 bits per heavy atom. The van der Waals surface area contributed by atoms with Crippen LogP contribution >= 0.6 is 0 Å². The third kappa shape index (κ3) is 5.03. The van der Waals surface area contributed by atoms with Crippen LogP contribution in [0.3, 0.4) is 0 Å². The van der Waals surface area contributed by atoms with Crippen LogP contribution in [0, 0.1) is 5.41 Å². The van der Waals surface area contributed by atoms with E-state index in [2.05, 4.69) is 51.6 Å². The highest BCUT2D eigenvalue weighted by atomic mass is 15.2. The molecule has 1 saturated heterocycles. The zero-order valence-electron chi connectivity index (χ0n) is 18.1. The molecule has 8 heteroatoms. The molecule has 1 aliphatic rings. The summed E-state index contributed by atoms with van der Waals surface area (Å²) in [4.78, 5) is 11.5. The Hall–Kier alpha value is -3.39. The number of anilines is 2. The number of likely N-dealkylation sites (tertiary alicyclic amines) is 1. The first-order valence-electron chi connectivity index (χ1n) is 10.5. The maximum absolute atomic E-state index is 7.85. The van der Waals surface area contributed by atoms with Crippen LogP contribution in [0.25, 0.3) is 16.6 Å². The molecule has 0 unspecified atom stereocenters. The highest BCUT2D eigenvalue weighted by Crippen LogP contribution is 2.22. The molecule has 0 spiro atoms. The molecule has 0 radical (unpaired) electrons. The summed E-state index contributed by atoms with van der Waals surface area (Å²) < 4.78 is 0. The standard InChI is InChI=1S/C23H28N8/c1-15(2)16-9-23(30-27-13-16)29-22-5-4-20-21(28-22)8-17(11-26-20)18(10-24)12-25-19-6-7-31(3)14-19/h4-5,8-13,15,19,24-25H,6-7,14H2,1-3H3,(H,28,29,30)/b18-12+,24-10?/t19-/m1/s1. The highest BCUT2D eigenvalue weighted by Gasteiger charge is 2.18. The van der Waals surface area contributed by atoms with Crippen LogP contribution in [-0.4, -0.2) is 57.5 Å². The number of hydrogen-bond donors (Lipinski definition) is 3. The van der Waals surface area contributed by atoms with Crippen molar-refractivity contribution in [2.45, 2.75) is 32.2 Å². The average Bonchev–Trinajstić information content (AvgIpc) is 3.19. The van der Waals surface area contributed by atoms with Gasteiger partial charge in [-0.25, -0.2) is 4.98 Å². The van der Waals surface area contributed by atoms with Gasteiger partial charge in [-0.2, -0.15) is 5.10 Å². The Bertz CT molecular complexity index is 1110. The summed E-state index contributed by atoms with van der Waals surface area (Å²) in [5.41, 5.74) is 4.30. The number of likely N-dealkylation sites (N-methyl/N-ethyl adjacent to an activating group) is 1. The van der Waals surface area contributed by atoms with Crippen molar-refractivity contribution in [1.82, 2.24) is 30.4 Å². The van der Waals surface area contributed by atoms with Crippen LogP contribution in [-0.2, 0) is 0 Å². The quantitative estimate of drug-likeness (QED) is 0.506. The highest BCUT2D eigenvalue weighted by molar-refractivity contribution is 6.08. The van der Waals surface area contributed by atoms with Crippen molar-refractivity contribution in [3.8, 4) is 0 Å². The number of rotatable bonds is 7. The predicted octanol–water partition coefficient (Wildman–Crippen LogP) is 3.57. The molecule has 1 aliphatic heterocycles. The van der Waals surface area contributed by atoms with E-state index in [9.17, 15) is 0 Å². The number of allylic oxidation sites excluding steroid dienone is 1. The van der Waals surface area contributed by atoms with Gasteiger partial charge in [0.2, 0.25) is 0 Å². The van der Waals surface area contributed by atoms with Gasteiger partial charge in [-0.15, -0.1) is 5.10 Å². The lowest BCUT2D eigenvalue weighted by Crippen LogP contribution is -2.27. The van der Waals surface area contributed by atoms with Crippen molar-refractivity contribution < 1.29 is 0 Å². The zero-order valence-corrected chi connectivity index (χ0v) is 18.1. The lowest BCUT2D eigenvalue weighted by molar-refractivity contribution is 0.405. The molecular weight excluding hydrogens is 388 g/mol. The lowest BCUT2D eigenvalue weighted by Gasteiger charge is -2.12. The van der Waals surface area contributed by atoms with E-state index in [1.807, 2.05) is 30.5 Å². The van der Waals surface area contributed by atoms with Crippen LogP contribution in [0.4, 0.5) is 11.6 Å². The minimum atomic E-state index is 0.372. The normalized spacial score (nSPS) is 17.3. The van der Waals surface area contributed by atoms with E-state index in [1.54, 1.807) is 12.4 Å². The van der Waals surface area contributed by atoms with Crippen LogP contribution in [0.5, 0.6) is 0 Å². The van der Waals surface area contributed by atoms with E-state index in [1.165, 1.54) is 6.21 Å². The van der Waals surface area contributed by atoms with Gasteiger partial charge in [0.25, 0.3) is 0 Å². The molecule has 3 aromatic rings. The Morgan fingerprint density at radius 2 is 2.06 bits per heavy atom. The van der Waals surface area contributed by atoms with Crippen LogP contribution in [0.15, 0.2) is 42.9 Å². The summed E-state index contributed by atoms with van der Waals surface area (Å²) >= 11 is 0. The van der Waals surface area contributed by atoms with E-state index < -0.39 is 0 Å². The largest absolute Gasteiger partial charge is 0.386 e. The zero-order chi connectivity index (χ0) is 21.8. The molecule has 0 saturated carbocycles. The smallest absolute Gasteiger partial charge is 0.154 e. The summed E-state index contributed by atoms with van der Waals surface area (Å²) in [5.74, 6) is 1.71. The third-order valence-corrected chi connectivity index (χ3v) is 5.49. The summed E-state index contributed by atoms with van der Waals surface area (Å²) in [6.45, 7) is 6.34. The van der Waals surface area contributed by atoms with Crippen LogP contribution in [0.2, 0.25) is 0 Å². The van der Waals surface area contributed by atoms with Gasteiger partial charge in [-0.05, 0) is 55.8 Å². The fourth-order valence-corrected chi connectivity index (χ4v) is 3.61. The molecule has 0 bridgehead atoms. The van der Waals surface area contributed by atoms with E-state index in [-0.39, 0.29) is 0 Å². The molecule has 4 heterocycles. The molecule has 3 aromatic heterocycles. The van der Waals surface area contributed by atoms with Gasteiger partial charge in [-0.1, -0.05) is 13.8 Å². The van der Waals surface area contributed by atoms with Crippen molar-refractivity contribution in [2.75, 3.05) is 25.5 Å². The number of pyridine rings is 2. The molecule has 0 aromatic carbocycles. The van der Waals surface area contributed by atoms with Gasteiger partial charge >= 0.3 is 0 Å². The second kappa shape index (κ2) is 9.18. The summed E-state index contributed by atoms with van der Waals surface area (Å²) in [5, 5.41) is 22.7. The van der Waals surface area contributed by atoms with E-state index >= 15 is 0 Å². The van der Waals surface area contributed by atoms with Crippen LogP contribution in [0.1, 0.15) is 37.3 Å². The molecule has 0 aliphatic carbocycles. The predicted molar refractivity (Wildman–Crippen MR) is 125 cm³/mol. The molecule has 1 fully saturated rings. The number of hydrogen-bond acceptors (Lipinski definition) is 8. The lowest BCUT2D eigenvalue weighted by atomic mass is 10.1. The monoisotopic (exact) mass is 416 g/mol. The number of aromatic nitrogens is 4. The van der Waals surface area contributed by atoms with Crippen molar-refractivity contribution >= 4 is 34.5 Å². The van der Waals surface area contributed by atoms with E-state index in [0.717, 1.165) is 47.2 Å². The number of fused-ring (bicyclic) bond motifs is 1. The molecule has 160 valence electrons. The summed E-state index contributed by atoms with van der Waals surface area (Å²) in [7, 11) is 2.12. The SMILES string of the molecule is CC(C)c1cnnc(Nc2ccc3ncc(/C(C=N)=C/N[C@@H]4CCN(C)C4)cc3n2)c1. The topological polar surface area (TPSA) is 103 Å². The number of nitrogens with zero attached hydrogens (tertiary/aromatic N) is 5. The molecule has 4 rings (SSSR count). The first-order valence-corrected chi connectivity index (χ1v) is 10.5. The van der Waals surface area contributed by atoms with Crippen molar-refractivity contribution in [3.05, 3.63) is 54.0 Å². The molecule has 31 heavy (non-hydrogen) atoms. The van der Waals surface area contributed by atoms with Gasteiger partial charge in [-0.3, -0.25) is 4.98 Å². The van der Waals surface area contributed by atoms with Gasteiger partial charge in [0.15, 0.2) is 5.82 Å². The minimum absolute atomic E-state index is 0.372. The molecule has 8 nitrogen and oxygen atoms in total. The Kier molecular flexibility index (Phi) is 6.18. The fraction of sp³-hybridized carbons (Fsp3) is 0.348. The Labute approximate surface area is 182 Å². The summed E-state index contributed by atoms with van der Waals surface area (Å²) in [6.07, 6.45) is 7.93. The second-order valence-electron chi connectivity index (χ2n) is 8.27. The third-order valence-electron chi connectivity index (χ3n) is 5.49. The molecule has 0 amide bonds. The maximum atomic E-state index is 7.85. The van der Waals surface area contributed by atoms with Gasteiger partial charge < -0.3 is 20.9 Å². The molecule has 1 atom stereocenters. The van der Waals surface area contributed by atoms with Crippen LogP contribution < -0.4 is 10.6 Å². The Morgan fingerprint density at radius 1 is 1.19 bits per heavy atom. The van der Waals surface area contributed by atoms with Crippen molar-refractivity contribution in [3.63, 3.8) is 0 Å². The maximum Gasteiger partial charge on any atom is 0.154 e. The minimum Gasteiger partial charge on any atom is -0.386 e. The fourth-order valence-electron chi connectivity index (χ4n) is 3.61. The average molecular weight is 417 g/mol. The summed E-state index contributed by atoms with van der Waals surface area (Å²) in [6, 6.07) is 8.16. The second-order valence-corrected chi connectivity index (χ2v) is 8.27. The van der Waals surface area contributed by atoms with Gasteiger partial charge in [0, 0.05) is 42.3 Å². The van der Waals surface area contributed by atoms with E-state index in [4.69, 9.17) is 10.4 Å². The van der Waals surface area contributed by atoms with E-state index in [0.29, 0.717) is 23.6 Å². The van der Waals surface area contributed by atoms with Gasteiger partial charge in [0.1, 0.15) is 5.82 Å². The van der Waals surface area contributed by atoms with Gasteiger partial charge in [0.05, 0.1) is 17.2 Å². The van der Waals surface area contributed by atoms with Crippen molar-refractivity contribution in [1.29, 1.82) is 5.41 Å². The first-order chi connectivity index (χ1) is 15.0. The molecular formula is C23H28N8. The Balaban J connectivity index is 1.56. The first kappa shape index (κ1) is 20.9.